The topological polar surface area (TPSA) is 52.1 Å². The lowest BCUT2D eigenvalue weighted by atomic mass is 9.49. The monoisotopic (exact) mass is 390 g/mol. The number of ether oxygens (including phenoxy) is 1. The van der Waals surface area contributed by atoms with E-state index in [0.29, 0.717) is 11.8 Å². The van der Waals surface area contributed by atoms with Gasteiger partial charge in [-0.2, -0.15) is 0 Å². The maximum absolute atomic E-state index is 11.4. The Labute approximate surface area is 173 Å². The number of aromatic nitrogens is 2. The van der Waals surface area contributed by atoms with E-state index in [9.17, 15) is 4.79 Å². The van der Waals surface area contributed by atoms with Gasteiger partial charge in [-0.05, 0) is 54.9 Å². The Kier molecular flexibility index (Phi) is 4.30. The van der Waals surface area contributed by atoms with E-state index in [1.165, 1.54) is 30.9 Å². The van der Waals surface area contributed by atoms with Crippen molar-refractivity contribution < 1.29 is 9.53 Å². The lowest BCUT2D eigenvalue weighted by Crippen LogP contribution is -2.47. The third kappa shape index (κ3) is 2.83. The summed E-state index contributed by atoms with van der Waals surface area (Å²) >= 11 is 0. The first kappa shape index (κ1) is 18.8. The molecule has 0 aromatic carbocycles. The fourth-order valence-electron chi connectivity index (χ4n) is 6.78. The molecule has 2 fully saturated rings. The quantitative estimate of drug-likeness (QED) is 0.509. The second-order valence-electron chi connectivity index (χ2n) is 9.73. The Balaban J connectivity index is 1.42. The van der Waals surface area contributed by atoms with Gasteiger partial charge in [-0.1, -0.05) is 43.2 Å². The molecular weight excluding hydrogens is 360 g/mol. The van der Waals surface area contributed by atoms with Gasteiger partial charge in [0.2, 0.25) is 0 Å². The molecule has 4 nitrogen and oxygen atoms in total. The van der Waals surface area contributed by atoms with Gasteiger partial charge in [0.15, 0.2) is 0 Å². The minimum atomic E-state index is -0.153. The molecule has 5 unspecified atom stereocenters. The van der Waals surface area contributed by atoms with Crippen LogP contribution in [0.5, 0.6) is 0 Å². The van der Waals surface area contributed by atoms with E-state index in [0.717, 1.165) is 31.4 Å². The normalized spacial score (nSPS) is 38.0. The second-order valence-corrected chi connectivity index (χ2v) is 9.73. The fraction of sp³-hybridized carbons (Fsp3) is 0.560. The molecule has 0 saturated heterocycles. The summed E-state index contributed by atoms with van der Waals surface area (Å²) in [7, 11) is 0. The number of hydrogen-bond acceptors (Lipinski definition) is 4. The first-order valence-electron chi connectivity index (χ1n) is 11.0. The van der Waals surface area contributed by atoms with Crippen molar-refractivity contribution in [2.24, 2.45) is 22.7 Å². The summed E-state index contributed by atoms with van der Waals surface area (Å²) in [4.78, 5) is 20.3. The van der Waals surface area contributed by atoms with E-state index in [4.69, 9.17) is 4.74 Å². The van der Waals surface area contributed by atoms with Gasteiger partial charge >= 0.3 is 5.97 Å². The number of hydrogen-bond donors (Lipinski definition) is 0. The predicted octanol–water partition coefficient (Wildman–Crippen LogP) is 5.28. The van der Waals surface area contributed by atoms with Crippen LogP contribution in [-0.2, 0) is 9.53 Å². The highest BCUT2D eigenvalue weighted by Gasteiger charge is 2.54. The van der Waals surface area contributed by atoms with Crippen LogP contribution < -0.4 is 0 Å². The molecule has 1 heterocycles. The van der Waals surface area contributed by atoms with Gasteiger partial charge in [0.05, 0.1) is 11.9 Å². The van der Waals surface area contributed by atoms with E-state index in [-0.39, 0.29) is 22.9 Å². The van der Waals surface area contributed by atoms with Crippen molar-refractivity contribution in [3.63, 3.8) is 0 Å². The zero-order chi connectivity index (χ0) is 20.2. The zero-order valence-electron chi connectivity index (χ0n) is 17.6. The summed E-state index contributed by atoms with van der Waals surface area (Å²) in [6.07, 6.45) is 19.2. The van der Waals surface area contributed by atoms with Crippen LogP contribution in [-0.4, -0.2) is 22.0 Å². The summed E-state index contributed by atoms with van der Waals surface area (Å²) in [5.41, 5.74) is 5.77. The molecule has 1 aromatic heterocycles. The maximum Gasteiger partial charge on any atom is 0.302 e. The average Bonchev–Trinajstić information content (AvgIpc) is 3.06. The number of fused-ring (bicyclic) bond motifs is 5. The van der Waals surface area contributed by atoms with Gasteiger partial charge in [-0.15, -0.1) is 0 Å². The molecule has 0 spiro atoms. The molecule has 29 heavy (non-hydrogen) atoms. The predicted molar refractivity (Wildman–Crippen MR) is 113 cm³/mol. The highest BCUT2D eigenvalue weighted by atomic mass is 16.5. The van der Waals surface area contributed by atoms with Crippen LogP contribution in [0.3, 0.4) is 0 Å². The van der Waals surface area contributed by atoms with Gasteiger partial charge in [0.25, 0.3) is 0 Å². The standard InChI is InChI=1S/C25H30N2O2/c1-16(28)29-18-8-10-24(2)17(14-18)4-5-19-20-6-7-22(23-15-26-12-13-27-23)25(20,3)11-9-21(19)24/h4,6-7,12-13,15,18-19,21H,5,8-11,14H2,1-3H3. The molecule has 4 heteroatoms. The van der Waals surface area contributed by atoms with Gasteiger partial charge in [0, 0.05) is 31.2 Å². The molecule has 0 amide bonds. The minimum Gasteiger partial charge on any atom is -0.462 e. The number of esters is 1. The van der Waals surface area contributed by atoms with Crippen LogP contribution in [0.2, 0.25) is 0 Å². The maximum atomic E-state index is 11.4. The molecule has 1 aromatic rings. The zero-order valence-corrected chi connectivity index (χ0v) is 17.6. The number of carbonyl (C=O) groups is 1. The highest BCUT2D eigenvalue weighted by Crippen LogP contribution is 2.64. The largest absolute Gasteiger partial charge is 0.462 e. The molecular formula is C25H30N2O2. The first-order valence-corrected chi connectivity index (χ1v) is 11.0. The molecule has 5 atom stereocenters. The van der Waals surface area contributed by atoms with Crippen LogP contribution in [0, 0.1) is 22.7 Å². The van der Waals surface area contributed by atoms with Crippen molar-refractivity contribution in [2.45, 2.75) is 65.4 Å². The Morgan fingerprint density at radius 1 is 1.17 bits per heavy atom. The van der Waals surface area contributed by atoms with Crippen molar-refractivity contribution in [3.05, 3.63) is 53.7 Å². The number of nitrogens with zero attached hydrogens (tertiary/aromatic N) is 2. The second kappa shape index (κ2) is 6.65. The minimum absolute atomic E-state index is 0.0628. The first-order chi connectivity index (χ1) is 13.9. The third-order valence-corrected chi connectivity index (χ3v) is 8.28. The van der Waals surface area contributed by atoms with Gasteiger partial charge in [0.1, 0.15) is 6.10 Å². The fourth-order valence-corrected chi connectivity index (χ4v) is 6.78. The highest BCUT2D eigenvalue weighted by molar-refractivity contribution is 5.76. The van der Waals surface area contributed by atoms with Crippen LogP contribution in [0.1, 0.15) is 65.0 Å². The van der Waals surface area contributed by atoms with Crippen LogP contribution >= 0.6 is 0 Å². The van der Waals surface area contributed by atoms with Gasteiger partial charge < -0.3 is 4.74 Å². The molecule has 4 aliphatic rings. The Bertz CT molecular complexity index is 931. The molecule has 152 valence electrons. The lowest BCUT2D eigenvalue weighted by Gasteiger charge is -2.56. The van der Waals surface area contributed by atoms with Crippen molar-refractivity contribution in [2.75, 3.05) is 0 Å². The summed E-state index contributed by atoms with van der Waals surface area (Å²) < 4.78 is 5.56. The Hall–Kier alpha value is -2.23. The van der Waals surface area contributed by atoms with Crippen LogP contribution in [0.15, 0.2) is 48.0 Å². The van der Waals surface area contributed by atoms with Crippen LogP contribution in [0.4, 0.5) is 0 Å². The number of allylic oxidation sites excluding steroid dienone is 5. The molecule has 4 aliphatic carbocycles. The smallest absolute Gasteiger partial charge is 0.302 e. The van der Waals surface area contributed by atoms with Crippen molar-refractivity contribution in [1.82, 2.24) is 9.97 Å². The van der Waals surface area contributed by atoms with E-state index in [2.05, 4.69) is 42.0 Å². The molecule has 0 aliphatic heterocycles. The number of rotatable bonds is 2. The van der Waals surface area contributed by atoms with Crippen LogP contribution in [0.25, 0.3) is 5.57 Å². The summed E-state index contributed by atoms with van der Waals surface area (Å²) in [5.74, 6) is 1.12. The molecule has 5 rings (SSSR count). The average molecular weight is 391 g/mol. The summed E-state index contributed by atoms with van der Waals surface area (Å²) in [5, 5.41) is 0. The summed E-state index contributed by atoms with van der Waals surface area (Å²) in [6, 6.07) is 0. The molecule has 0 N–H and O–H groups in total. The molecule has 0 radical (unpaired) electrons. The van der Waals surface area contributed by atoms with E-state index in [1.54, 1.807) is 18.0 Å². The molecule has 2 saturated carbocycles. The Morgan fingerprint density at radius 2 is 2.03 bits per heavy atom. The van der Waals surface area contributed by atoms with Gasteiger partial charge in [-0.3, -0.25) is 14.8 Å². The van der Waals surface area contributed by atoms with Crippen molar-refractivity contribution in [1.29, 1.82) is 0 Å². The Morgan fingerprint density at radius 3 is 2.79 bits per heavy atom. The SMILES string of the molecule is CC(=O)OC1CCC2(C)C(=CCC3C4=CC=C(c5cnccn5)C4(C)CCC32)C1. The van der Waals surface area contributed by atoms with E-state index in [1.807, 2.05) is 6.20 Å². The molecule has 0 bridgehead atoms. The third-order valence-electron chi connectivity index (χ3n) is 8.28. The summed E-state index contributed by atoms with van der Waals surface area (Å²) in [6.45, 7) is 6.39. The lowest BCUT2D eigenvalue weighted by molar-refractivity contribution is -0.148. The van der Waals surface area contributed by atoms with Crippen molar-refractivity contribution in [3.8, 4) is 0 Å². The van der Waals surface area contributed by atoms with E-state index < -0.39 is 0 Å². The number of carbonyl (C=O) groups excluding carboxylic acids is 1. The van der Waals surface area contributed by atoms with Gasteiger partial charge in [-0.25, -0.2) is 0 Å². The van der Waals surface area contributed by atoms with E-state index >= 15 is 0 Å². The van der Waals surface area contributed by atoms with Crippen molar-refractivity contribution >= 4 is 11.5 Å².